The summed E-state index contributed by atoms with van der Waals surface area (Å²) >= 11 is 0. The Hall–Kier alpha value is -1.47. The highest BCUT2D eigenvalue weighted by molar-refractivity contribution is 5.77. The summed E-state index contributed by atoms with van der Waals surface area (Å²) in [5.74, 6) is 2.01. The number of hydrogen-bond donors (Lipinski definition) is 0. The van der Waals surface area contributed by atoms with Gasteiger partial charge < -0.3 is 9.26 Å². The van der Waals surface area contributed by atoms with Crippen LogP contribution in [0.15, 0.2) is 4.52 Å². The number of likely N-dealkylation sites (tertiary alicyclic amines) is 1. The lowest BCUT2D eigenvalue weighted by molar-refractivity contribution is -0.142. The predicted octanol–water partition coefficient (Wildman–Crippen LogP) is 0.769. The number of ether oxygens (including phenoxy) is 1. The molecule has 0 N–H and O–H groups in total. The molecule has 1 aliphatic carbocycles. The molecule has 0 bridgehead atoms. The van der Waals surface area contributed by atoms with E-state index in [9.17, 15) is 4.79 Å². The summed E-state index contributed by atoms with van der Waals surface area (Å²) in [5.41, 5.74) is 0. The van der Waals surface area contributed by atoms with E-state index < -0.39 is 0 Å². The van der Waals surface area contributed by atoms with Crippen LogP contribution in [-0.4, -0.2) is 64.7 Å². The zero-order chi connectivity index (χ0) is 15.1. The van der Waals surface area contributed by atoms with Gasteiger partial charge in [-0.2, -0.15) is 4.98 Å². The number of aromatic nitrogens is 2. The first-order valence-electron chi connectivity index (χ1n) is 8.14. The molecule has 1 aromatic heterocycles. The molecule has 0 aromatic carbocycles. The minimum atomic E-state index is -0.0597. The zero-order valence-corrected chi connectivity index (χ0v) is 12.9. The van der Waals surface area contributed by atoms with Gasteiger partial charge in [-0.3, -0.25) is 14.6 Å². The Kier molecular flexibility index (Phi) is 3.62. The van der Waals surface area contributed by atoms with Gasteiger partial charge in [0, 0.05) is 31.5 Å². The highest BCUT2D eigenvalue weighted by Crippen LogP contribution is 2.38. The zero-order valence-electron chi connectivity index (χ0n) is 12.9. The van der Waals surface area contributed by atoms with Crippen LogP contribution in [-0.2, 0) is 16.1 Å². The molecule has 0 unspecified atom stereocenters. The largest absolute Gasteiger partial charge is 0.464 e. The van der Waals surface area contributed by atoms with Crippen LogP contribution in [0.25, 0.3) is 0 Å². The molecule has 2 aliphatic heterocycles. The molecular weight excluding hydrogens is 284 g/mol. The minimum absolute atomic E-state index is 0.0370. The summed E-state index contributed by atoms with van der Waals surface area (Å²) < 4.78 is 10.4. The van der Waals surface area contributed by atoms with Crippen LogP contribution < -0.4 is 0 Å². The van der Waals surface area contributed by atoms with Gasteiger partial charge in [-0.15, -0.1) is 0 Å². The van der Waals surface area contributed by atoms with Crippen molar-refractivity contribution in [3.8, 4) is 0 Å². The van der Waals surface area contributed by atoms with Crippen molar-refractivity contribution in [2.45, 2.75) is 50.2 Å². The molecule has 0 amide bonds. The van der Waals surface area contributed by atoms with Gasteiger partial charge in [0.2, 0.25) is 5.89 Å². The smallest absolute Gasteiger partial charge is 0.323 e. The first-order valence-corrected chi connectivity index (χ1v) is 8.14. The first-order chi connectivity index (χ1) is 10.7. The van der Waals surface area contributed by atoms with E-state index in [1.165, 1.54) is 12.8 Å². The summed E-state index contributed by atoms with van der Waals surface area (Å²) in [7, 11) is 2.09. The maximum atomic E-state index is 11.7. The number of esters is 1. The van der Waals surface area contributed by atoms with Crippen molar-refractivity contribution in [3.63, 3.8) is 0 Å². The second-order valence-corrected chi connectivity index (χ2v) is 6.65. The van der Waals surface area contributed by atoms with Gasteiger partial charge in [-0.25, -0.2) is 0 Å². The molecule has 3 aliphatic rings. The van der Waals surface area contributed by atoms with E-state index in [2.05, 4.69) is 27.0 Å². The number of rotatable bonds is 5. The number of cyclic esters (lactones) is 1. The molecule has 7 heteroatoms. The normalized spacial score (nSPS) is 29.5. The third kappa shape index (κ3) is 2.75. The Morgan fingerprint density at radius 3 is 2.91 bits per heavy atom. The third-order valence-electron chi connectivity index (χ3n) is 4.97. The molecule has 1 saturated carbocycles. The summed E-state index contributed by atoms with van der Waals surface area (Å²) in [6, 6.07) is 0.390. The summed E-state index contributed by atoms with van der Waals surface area (Å²) in [5, 5.41) is 4.08. The maximum Gasteiger partial charge on any atom is 0.323 e. The minimum Gasteiger partial charge on any atom is -0.464 e. The first kappa shape index (κ1) is 14.1. The van der Waals surface area contributed by atoms with Gasteiger partial charge >= 0.3 is 5.97 Å². The van der Waals surface area contributed by atoms with Gasteiger partial charge in [0.15, 0.2) is 5.82 Å². The molecule has 3 heterocycles. The van der Waals surface area contributed by atoms with Crippen molar-refractivity contribution < 1.29 is 14.1 Å². The van der Waals surface area contributed by atoms with E-state index in [4.69, 9.17) is 9.26 Å². The second kappa shape index (κ2) is 5.62. The topological polar surface area (TPSA) is 71.7 Å². The average Bonchev–Trinajstić information content (AvgIpc) is 2.91. The maximum absolute atomic E-state index is 11.7. The Bertz CT molecular complexity index is 557. The van der Waals surface area contributed by atoms with Crippen molar-refractivity contribution in [2.75, 3.05) is 26.7 Å². The van der Waals surface area contributed by atoms with Gasteiger partial charge in [-0.05, 0) is 26.3 Å². The van der Waals surface area contributed by atoms with Gasteiger partial charge in [0.1, 0.15) is 6.04 Å². The lowest BCUT2D eigenvalue weighted by atomic mass is 10.2. The second-order valence-electron chi connectivity index (χ2n) is 6.65. The van der Waals surface area contributed by atoms with E-state index >= 15 is 0 Å². The van der Waals surface area contributed by atoms with Crippen molar-refractivity contribution in [1.29, 1.82) is 0 Å². The predicted molar refractivity (Wildman–Crippen MR) is 77.1 cm³/mol. The highest BCUT2D eigenvalue weighted by Gasteiger charge is 2.38. The fourth-order valence-electron chi connectivity index (χ4n) is 3.41. The van der Waals surface area contributed by atoms with Gasteiger partial charge in [-0.1, -0.05) is 5.16 Å². The molecule has 3 fully saturated rings. The summed E-state index contributed by atoms with van der Waals surface area (Å²) in [6.45, 7) is 3.12. The van der Waals surface area contributed by atoms with Crippen LogP contribution in [0.2, 0.25) is 0 Å². The number of carbonyl (C=O) groups is 1. The van der Waals surface area contributed by atoms with Crippen LogP contribution in [0.1, 0.15) is 43.3 Å². The van der Waals surface area contributed by atoms with Crippen LogP contribution in [0.3, 0.4) is 0 Å². The molecule has 0 spiro atoms. The van der Waals surface area contributed by atoms with Crippen LogP contribution >= 0.6 is 0 Å². The molecule has 22 heavy (non-hydrogen) atoms. The average molecular weight is 306 g/mol. The SMILES string of the molecule is CN(Cc1noc(C2CC2)n1)[C@H]1CCN([C@@H]2CCOC2=O)C1. The Morgan fingerprint density at radius 2 is 2.18 bits per heavy atom. The molecule has 120 valence electrons. The third-order valence-corrected chi connectivity index (χ3v) is 4.97. The number of carbonyl (C=O) groups excluding carboxylic acids is 1. The van der Waals surface area contributed by atoms with Crippen LogP contribution in [0.4, 0.5) is 0 Å². The Balaban J connectivity index is 1.32. The van der Waals surface area contributed by atoms with E-state index in [1.807, 2.05) is 0 Å². The number of nitrogens with zero attached hydrogens (tertiary/aromatic N) is 4. The quantitative estimate of drug-likeness (QED) is 0.744. The monoisotopic (exact) mass is 306 g/mol. The number of hydrogen-bond acceptors (Lipinski definition) is 7. The lowest BCUT2D eigenvalue weighted by Gasteiger charge is -2.24. The molecule has 4 rings (SSSR count). The van der Waals surface area contributed by atoms with Crippen molar-refractivity contribution in [2.24, 2.45) is 0 Å². The highest BCUT2D eigenvalue weighted by atomic mass is 16.5. The van der Waals surface area contributed by atoms with E-state index in [1.54, 1.807) is 0 Å². The molecule has 7 nitrogen and oxygen atoms in total. The van der Waals surface area contributed by atoms with E-state index in [0.717, 1.165) is 37.6 Å². The van der Waals surface area contributed by atoms with Crippen LogP contribution in [0, 0.1) is 0 Å². The van der Waals surface area contributed by atoms with E-state index in [0.29, 0.717) is 25.1 Å². The molecule has 2 atom stereocenters. The summed E-state index contributed by atoms with van der Waals surface area (Å²) in [6.07, 6.45) is 4.23. The standard InChI is InChI=1S/C15H22N4O3/c1-18(9-13-16-14(22-17-13)10-2-3-10)11-4-6-19(8-11)12-5-7-21-15(12)20/h10-12H,2-9H2,1H3/t11-,12+/m0/s1. The van der Waals surface area contributed by atoms with Crippen molar-refractivity contribution in [1.82, 2.24) is 19.9 Å². The van der Waals surface area contributed by atoms with Crippen LogP contribution in [0.5, 0.6) is 0 Å². The number of likely N-dealkylation sites (N-methyl/N-ethyl adjacent to an activating group) is 1. The molecule has 0 radical (unpaired) electrons. The fourth-order valence-corrected chi connectivity index (χ4v) is 3.41. The van der Waals surface area contributed by atoms with Crippen molar-refractivity contribution >= 4 is 5.97 Å². The molecule has 2 saturated heterocycles. The van der Waals surface area contributed by atoms with Gasteiger partial charge in [0.05, 0.1) is 13.2 Å². The van der Waals surface area contributed by atoms with Gasteiger partial charge in [0.25, 0.3) is 0 Å². The van der Waals surface area contributed by atoms with E-state index in [-0.39, 0.29) is 12.0 Å². The van der Waals surface area contributed by atoms with Crippen molar-refractivity contribution in [3.05, 3.63) is 11.7 Å². The fraction of sp³-hybridized carbons (Fsp3) is 0.800. The Labute approximate surface area is 129 Å². The summed E-state index contributed by atoms with van der Waals surface area (Å²) in [4.78, 5) is 20.7. The lowest BCUT2D eigenvalue weighted by Crippen LogP contribution is -2.40. The molecular formula is C15H22N4O3. The molecule has 1 aromatic rings. The Morgan fingerprint density at radius 1 is 1.32 bits per heavy atom.